The van der Waals surface area contributed by atoms with Gasteiger partial charge in [0.05, 0.1) is 10.6 Å². The maximum Gasteiger partial charge on any atom is 0.183 e. The predicted octanol–water partition coefficient (Wildman–Crippen LogP) is 3.24. The number of aromatic nitrogens is 3. The molecule has 1 N–H and O–H groups in total. The molecule has 2 aromatic heterocycles. The minimum atomic E-state index is -1.13. The topological polar surface area (TPSA) is 50.9 Å². The summed E-state index contributed by atoms with van der Waals surface area (Å²) in [6.07, 6.45) is 5.18. The average molecular weight is 306 g/mol. The van der Waals surface area contributed by atoms with Crippen molar-refractivity contribution in [3.8, 4) is 5.69 Å². The van der Waals surface area contributed by atoms with E-state index in [0.717, 1.165) is 11.3 Å². The third kappa shape index (κ3) is 2.35. The number of aliphatic hydroxyl groups is 1. The summed E-state index contributed by atoms with van der Waals surface area (Å²) in [5.41, 5.74) is 0.530. The number of thiazole rings is 1. The fourth-order valence-electron chi connectivity index (χ4n) is 1.99. The van der Waals surface area contributed by atoms with Gasteiger partial charge in [0, 0.05) is 18.6 Å². The highest BCUT2D eigenvalue weighted by Crippen LogP contribution is 2.34. The van der Waals surface area contributed by atoms with E-state index in [-0.39, 0.29) is 0 Å². The van der Waals surface area contributed by atoms with Gasteiger partial charge in [-0.05, 0) is 30.7 Å². The van der Waals surface area contributed by atoms with Gasteiger partial charge in [-0.15, -0.1) is 11.3 Å². The van der Waals surface area contributed by atoms with Crippen LogP contribution in [0.3, 0.4) is 0 Å². The highest BCUT2D eigenvalue weighted by Gasteiger charge is 2.28. The normalized spacial score (nSPS) is 14.2. The monoisotopic (exact) mass is 305 g/mol. The molecular formula is C14H12ClN3OS. The second-order valence-corrected chi connectivity index (χ2v) is 6.16. The van der Waals surface area contributed by atoms with Gasteiger partial charge in [0.2, 0.25) is 0 Å². The lowest BCUT2D eigenvalue weighted by atomic mass is 9.94. The van der Waals surface area contributed by atoms with Crippen LogP contribution in [-0.2, 0) is 5.60 Å². The smallest absolute Gasteiger partial charge is 0.183 e. The summed E-state index contributed by atoms with van der Waals surface area (Å²) in [4.78, 5) is 4.70. The van der Waals surface area contributed by atoms with E-state index >= 15 is 0 Å². The fourth-order valence-corrected chi connectivity index (χ4v) is 3.00. The highest BCUT2D eigenvalue weighted by molar-refractivity contribution is 7.15. The molecule has 0 bridgehead atoms. The van der Waals surface area contributed by atoms with Crippen molar-refractivity contribution in [2.45, 2.75) is 12.5 Å². The molecule has 102 valence electrons. The van der Waals surface area contributed by atoms with Gasteiger partial charge >= 0.3 is 0 Å². The zero-order valence-corrected chi connectivity index (χ0v) is 12.3. The standard InChI is InChI=1S/C14H12ClN3OS/c1-14(19,12-9-16-13(15)20-12)10-4-2-5-11(8-10)18-7-3-6-17-18/h2-9,19H,1H3. The summed E-state index contributed by atoms with van der Waals surface area (Å²) >= 11 is 7.12. The molecule has 1 unspecified atom stereocenters. The first-order chi connectivity index (χ1) is 9.57. The Hall–Kier alpha value is -1.69. The zero-order chi connectivity index (χ0) is 14.2. The van der Waals surface area contributed by atoms with E-state index in [2.05, 4.69) is 10.1 Å². The largest absolute Gasteiger partial charge is 0.380 e. The van der Waals surface area contributed by atoms with Crippen LogP contribution in [0.25, 0.3) is 5.69 Å². The van der Waals surface area contributed by atoms with E-state index in [1.54, 1.807) is 24.0 Å². The third-order valence-electron chi connectivity index (χ3n) is 3.13. The van der Waals surface area contributed by atoms with Crippen LogP contribution in [0, 0.1) is 0 Å². The van der Waals surface area contributed by atoms with Crippen LogP contribution in [0.15, 0.2) is 48.9 Å². The van der Waals surface area contributed by atoms with Gasteiger partial charge in [-0.1, -0.05) is 23.7 Å². The Morgan fingerprint density at radius 3 is 2.85 bits per heavy atom. The molecule has 0 aliphatic heterocycles. The van der Waals surface area contributed by atoms with Crippen molar-refractivity contribution in [3.05, 3.63) is 63.8 Å². The quantitative estimate of drug-likeness (QED) is 0.808. The van der Waals surface area contributed by atoms with Gasteiger partial charge in [0.15, 0.2) is 4.47 Å². The Labute approximate surface area is 125 Å². The first kappa shape index (κ1) is 13.3. The van der Waals surface area contributed by atoms with E-state index < -0.39 is 5.60 Å². The second kappa shape index (κ2) is 5.01. The molecule has 0 amide bonds. The summed E-state index contributed by atoms with van der Waals surface area (Å²) in [5, 5.41) is 15.0. The molecule has 0 fully saturated rings. The molecule has 3 rings (SSSR count). The van der Waals surface area contributed by atoms with E-state index in [1.165, 1.54) is 11.3 Å². The summed E-state index contributed by atoms with van der Waals surface area (Å²) in [7, 11) is 0. The number of rotatable bonds is 3. The average Bonchev–Trinajstić information content (AvgIpc) is 3.10. The van der Waals surface area contributed by atoms with Crippen LogP contribution in [0.2, 0.25) is 4.47 Å². The Bertz CT molecular complexity index is 722. The van der Waals surface area contributed by atoms with E-state index in [0.29, 0.717) is 9.34 Å². The molecule has 20 heavy (non-hydrogen) atoms. The summed E-state index contributed by atoms with van der Waals surface area (Å²) < 4.78 is 2.17. The first-order valence-electron chi connectivity index (χ1n) is 6.02. The Balaban J connectivity index is 2.04. The molecular weight excluding hydrogens is 294 g/mol. The molecule has 6 heteroatoms. The van der Waals surface area contributed by atoms with E-state index in [9.17, 15) is 5.11 Å². The van der Waals surface area contributed by atoms with E-state index in [4.69, 9.17) is 11.6 Å². The number of hydrogen-bond acceptors (Lipinski definition) is 4. The number of benzene rings is 1. The van der Waals surface area contributed by atoms with Gasteiger partial charge in [-0.25, -0.2) is 9.67 Å². The molecule has 2 heterocycles. The lowest BCUT2D eigenvalue weighted by Gasteiger charge is -2.22. The van der Waals surface area contributed by atoms with Crippen molar-refractivity contribution < 1.29 is 5.11 Å². The molecule has 0 spiro atoms. The predicted molar refractivity (Wildman–Crippen MR) is 79.4 cm³/mol. The van der Waals surface area contributed by atoms with Crippen LogP contribution in [-0.4, -0.2) is 19.9 Å². The number of nitrogens with zero attached hydrogens (tertiary/aromatic N) is 3. The minimum Gasteiger partial charge on any atom is -0.380 e. The van der Waals surface area contributed by atoms with Gasteiger partial charge < -0.3 is 5.11 Å². The van der Waals surface area contributed by atoms with Crippen LogP contribution >= 0.6 is 22.9 Å². The first-order valence-corrected chi connectivity index (χ1v) is 7.21. The molecule has 3 aromatic rings. The van der Waals surface area contributed by atoms with Crippen molar-refractivity contribution >= 4 is 22.9 Å². The Morgan fingerprint density at radius 2 is 2.20 bits per heavy atom. The highest BCUT2D eigenvalue weighted by atomic mass is 35.5. The maximum absolute atomic E-state index is 10.8. The molecule has 0 radical (unpaired) electrons. The molecule has 4 nitrogen and oxygen atoms in total. The van der Waals surface area contributed by atoms with Crippen molar-refractivity contribution in [2.24, 2.45) is 0 Å². The third-order valence-corrected chi connectivity index (χ3v) is 4.46. The van der Waals surface area contributed by atoms with Crippen LogP contribution < -0.4 is 0 Å². The van der Waals surface area contributed by atoms with Crippen molar-refractivity contribution in [2.75, 3.05) is 0 Å². The van der Waals surface area contributed by atoms with Gasteiger partial charge in [-0.3, -0.25) is 0 Å². The fraction of sp³-hybridized carbons (Fsp3) is 0.143. The van der Waals surface area contributed by atoms with E-state index in [1.807, 2.05) is 36.5 Å². The molecule has 1 atom stereocenters. The van der Waals surface area contributed by atoms with Crippen molar-refractivity contribution in [1.82, 2.24) is 14.8 Å². The molecule has 0 aliphatic rings. The number of halogens is 1. The minimum absolute atomic E-state index is 0.420. The lowest BCUT2D eigenvalue weighted by Crippen LogP contribution is -2.21. The van der Waals surface area contributed by atoms with Crippen LogP contribution in [0.1, 0.15) is 17.4 Å². The van der Waals surface area contributed by atoms with Crippen LogP contribution in [0.4, 0.5) is 0 Å². The SMILES string of the molecule is CC(O)(c1cccc(-n2cccn2)c1)c1cnc(Cl)s1. The molecule has 0 saturated heterocycles. The lowest BCUT2D eigenvalue weighted by molar-refractivity contribution is 0.106. The van der Waals surface area contributed by atoms with Crippen LogP contribution in [0.5, 0.6) is 0 Å². The Morgan fingerprint density at radius 1 is 1.35 bits per heavy atom. The number of hydrogen-bond donors (Lipinski definition) is 1. The Kier molecular flexibility index (Phi) is 3.33. The zero-order valence-electron chi connectivity index (χ0n) is 10.7. The van der Waals surface area contributed by atoms with Gasteiger partial charge in [-0.2, -0.15) is 5.10 Å². The maximum atomic E-state index is 10.8. The second-order valence-electron chi connectivity index (χ2n) is 4.55. The van der Waals surface area contributed by atoms with Gasteiger partial charge in [0.1, 0.15) is 5.60 Å². The van der Waals surface area contributed by atoms with Gasteiger partial charge in [0.25, 0.3) is 0 Å². The van der Waals surface area contributed by atoms with Crippen molar-refractivity contribution in [3.63, 3.8) is 0 Å². The summed E-state index contributed by atoms with van der Waals surface area (Å²) in [6.45, 7) is 1.74. The molecule has 0 saturated carbocycles. The van der Waals surface area contributed by atoms with Crippen molar-refractivity contribution in [1.29, 1.82) is 0 Å². The summed E-state index contributed by atoms with van der Waals surface area (Å²) in [5.74, 6) is 0. The summed E-state index contributed by atoms with van der Waals surface area (Å²) in [6, 6.07) is 9.46. The molecule has 0 aliphatic carbocycles. The molecule has 1 aromatic carbocycles.